The van der Waals surface area contributed by atoms with Gasteiger partial charge in [-0.25, -0.2) is 0 Å². The van der Waals surface area contributed by atoms with Gasteiger partial charge in [0.1, 0.15) is 18.2 Å². The van der Waals surface area contributed by atoms with E-state index in [1.54, 1.807) is 17.1 Å². The number of nitrogens with one attached hydrogen (secondary N) is 1. The molecule has 0 radical (unpaired) electrons. The summed E-state index contributed by atoms with van der Waals surface area (Å²) in [5.41, 5.74) is -0.362. The minimum Gasteiger partial charge on any atom is -0.463 e. The summed E-state index contributed by atoms with van der Waals surface area (Å²) in [7, 11) is 0. The number of ether oxygens (including phenoxy) is 2. The van der Waals surface area contributed by atoms with Crippen molar-refractivity contribution in [2.75, 3.05) is 32.8 Å². The van der Waals surface area contributed by atoms with Crippen LogP contribution in [0.15, 0.2) is 55.6 Å². The first-order valence-corrected chi connectivity index (χ1v) is 15.4. The van der Waals surface area contributed by atoms with E-state index in [-0.39, 0.29) is 43.9 Å². The molecular formula is C33H45N3O7. The number of hydrogen-bond donors (Lipinski definition) is 2. The number of likely N-dealkylation sites (tertiary alicyclic amines) is 1. The number of benzene rings is 1. The SMILES string of the molecule is C=CCCC(=O)OC[C@H](NC(=O)[C@@H]1[C@H]2C(=O)N(CCCO)[C@H](C(=O)N(CC=C)CCCC)[C@]23CC[C@H]1O3)c1ccccc1. The molecule has 2 bridgehead atoms. The number of aliphatic hydroxyl groups excluding tert-OH is 1. The van der Waals surface area contributed by atoms with Crippen LogP contribution in [0, 0.1) is 11.8 Å². The molecule has 0 unspecified atom stereocenters. The van der Waals surface area contributed by atoms with Crippen molar-refractivity contribution in [3.63, 3.8) is 0 Å². The van der Waals surface area contributed by atoms with E-state index in [2.05, 4.69) is 18.5 Å². The molecule has 6 atom stereocenters. The summed E-state index contributed by atoms with van der Waals surface area (Å²) in [6, 6.07) is 7.72. The number of aliphatic hydroxyl groups is 1. The van der Waals surface area contributed by atoms with Gasteiger partial charge in [0.2, 0.25) is 17.7 Å². The second kappa shape index (κ2) is 14.8. The van der Waals surface area contributed by atoms with E-state index in [0.29, 0.717) is 38.8 Å². The number of rotatable bonds is 17. The average Bonchev–Trinajstić information content (AvgIpc) is 3.66. The molecule has 4 rings (SSSR count). The van der Waals surface area contributed by atoms with Gasteiger partial charge in [0.25, 0.3) is 0 Å². The molecule has 3 aliphatic heterocycles. The van der Waals surface area contributed by atoms with Gasteiger partial charge in [0.15, 0.2) is 0 Å². The summed E-state index contributed by atoms with van der Waals surface area (Å²) in [5, 5.41) is 12.6. The molecule has 10 heteroatoms. The highest BCUT2D eigenvalue weighted by Gasteiger charge is 2.74. The Labute approximate surface area is 254 Å². The zero-order chi connectivity index (χ0) is 31.0. The zero-order valence-corrected chi connectivity index (χ0v) is 25.1. The number of allylic oxidation sites excluding steroid dienone is 1. The van der Waals surface area contributed by atoms with Crippen LogP contribution in [0.25, 0.3) is 0 Å². The first-order chi connectivity index (χ1) is 20.8. The van der Waals surface area contributed by atoms with Crippen LogP contribution in [0.5, 0.6) is 0 Å². The second-order valence-corrected chi connectivity index (χ2v) is 11.6. The first kappa shape index (κ1) is 32.4. The number of fused-ring (bicyclic) bond motifs is 1. The molecule has 2 N–H and O–H groups in total. The fraction of sp³-hybridized carbons (Fsp3) is 0.576. The molecule has 1 aromatic rings. The van der Waals surface area contributed by atoms with Crippen molar-refractivity contribution < 1.29 is 33.8 Å². The number of unbranched alkanes of at least 4 members (excludes halogenated alkanes) is 1. The predicted octanol–water partition coefficient (Wildman–Crippen LogP) is 2.93. The fourth-order valence-electron chi connectivity index (χ4n) is 6.83. The lowest BCUT2D eigenvalue weighted by Crippen LogP contribution is -2.56. The first-order valence-electron chi connectivity index (χ1n) is 15.4. The highest BCUT2D eigenvalue weighted by Crippen LogP contribution is 2.58. The van der Waals surface area contributed by atoms with Crippen LogP contribution in [-0.4, -0.2) is 89.2 Å². The largest absolute Gasteiger partial charge is 0.463 e. The van der Waals surface area contributed by atoms with Crippen LogP contribution < -0.4 is 5.32 Å². The molecule has 1 aromatic carbocycles. The van der Waals surface area contributed by atoms with Gasteiger partial charge < -0.3 is 29.7 Å². The Morgan fingerprint density at radius 3 is 2.67 bits per heavy atom. The third-order valence-corrected chi connectivity index (χ3v) is 8.82. The number of amides is 3. The van der Waals surface area contributed by atoms with E-state index in [0.717, 1.165) is 18.4 Å². The summed E-state index contributed by atoms with van der Waals surface area (Å²) in [6.07, 6.45) is 6.53. The minimum atomic E-state index is -1.12. The van der Waals surface area contributed by atoms with Gasteiger partial charge in [0.05, 0.1) is 24.0 Å². The van der Waals surface area contributed by atoms with Crippen LogP contribution in [0.4, 0.5) is 0 Å². The molecule has 1 spiro atoms. The zero-order valence-electron chi connectivity index (χ0n) is 25.1. The normalized spacial score (nSPS) is 26.1. The van der Waals surface area contributed by atoms with Crippen LogP contribution in [0.3, 0.4) is 0 Å². The van der Waals surface area contributed by atoms with Crippen molar-refractivity contribution in [1.82, 2.24) is 15.1 Å². The van der Waals surface area contributed by atoms with Gasteiger partial charge >= 0.3 is 5.97 Å². The smallest absolute Gasteiger partial charge is 0.306 e. The molecule has 10 nitrogen and oxygen atoms in total. The topological polar surface area (TPSA) is 125 Å². The van der Waals surface area contributed by atoms with Crippen LogP contribution in [0.1, 0.15) is 63.5 Å². The Hall–Kier alpha value is -3.50. The van der Waals surface area contributed by atoms with Gasteiger partial charge in [-0.15, -0.1) is 13.2 Å². The van der Waals surface area contributed by atoms with Crippen LogP contribution in [-0.2, 0) is 28.7 Å². The Morgan fingerprint density at radius 1 is 1.23 bits per heavy atom. The molecule has 3 aliphatic rings. The summed E-state index contributed by atoms with van der Waals surface area (Å²) in [4.78, 5) is 57.8. The monoisotopic (exact) mass is 595 g/mol. The molecule has 43 heavy (non-hydrogen) atoms. The molecule has 3 heterocycles. The molecule has 3 fully saturated rings. The average molecular weight is 596 g/mol. The van der Waals surface area contributed by atoms with Crippen molar-refractivity contribution in [2.24, 2.45) is 11.8 Å². The molecule has 0 aromatic heterocycles. The van der Waals surface area contributed by atoms with E-state index < -0.39 is 41.6 Å². The van der Waals surface area contributed by atoms with Gasteiger partial charge in [-0.2, -0.15) is 0 Å². The maximum absolute atomic E-state index is 14.1. The third-order valence-electron chi connectivity index (χ3n) is 8.82. The van der Waals surface area contributed by atoms with Crippen molar-refractivity contribution in [3.8, 4) is 0 Å². The fourth-order valence-corrected chi connectivity index (χ4v) is 6.83. The summed E-state index contributed by atoms with van der Waals surface area (Å²) in [6.45, 7) is 10.4. The van der Waals surface area contributed by atoms with Gasteiger partial charge in [0, 0.05) is 32.7 Å². The van der Waals surface area contributed by atoms with E-state index in [1.807, 2.05) is 37.3 Å². The van der Waals surface area contributed by atoms with Gasteiger partial charge in [-0.3, -0.25) is 19.2 Å². The van der Waals surface area contributed by atoms with Crippen molar-refractivity contribution in [3.05, 3.63) is 61.2 Å². The molecule has 0 aliphatic carbocycles. The lowest BCUT2D eigenvalue weighted by molar-refractivity contribution is -0.148. The number of hydrogen-bond acceptors (Lipinski definition) is 7. The number of nitrogens with zero attached hydrogens (tertiary/aromatic N) is 2. The van der Waals surface area contributed by atoms with E-state index in [1.165, 1.54) is 4.90 Å². The summed E-state index contributed by atoms with van der Waals surface area (Å²) in [5.74, 6) is -2.90. The highest BCUT2D eigenvalue weighted by atomic mass is 16.5. The number of carbonyl (C=O) groups is 4. The quantitative estimate of drug-likeness (QED) is 0.210. The molecule has 0 saturated carbocycles. The number of esters is 1. The lowest BCUT2D eigenvalue weighted by Gasteiger charge is -2.36. The molecule has 234 valence electrons. The number of carbonyl (C=O) groups excluding carboxylic acids is 4. The summed E-state index contributed by atoms with van der Waals surface area (Å²) < 4.78 is 12.0. The molecule has 3 amide bonds. The Kier molecular flexibility index (Phi) is 11.2. The third kappa shape index (κ3) is 6.70. The standard InChI is InChI=1S/C33H45N3O7/c1-4-7-15-26(38)42-22-24(23-13-10-9-11-14-23)34-30(39)27-25-16-17-33(43-25)28(27)31(40)36(20-12-21-37)29(33)32(41)35(18-6-3)19-8-5-2/h4,6,9-11,13-14,24-25,27-29,37H,1,3,5,7-8,12,15-22H2,2H3,(H,34,39)/t24-,25+,27-,28-,29+,33-/m0/s1. The van der Waals surface area contributed by atoms with Crippen molar-refractivity contribution >= 4 is 23.7 Å². The Morgan fingerprint density at radius 2 is 2.00 bits per heavy atom. The summed E-state index contributed by atoms with van der Waals surface area (Å²) >= 11 is 0. The molecular weight excluding hydrogens is 550 g/mol. The van der Waals surface area contributed by atoms with Crippen LogP contribution >= 0.6 is 0 Å². The van der Waals surface area contributed by atoms with E-state index in [9.17, 15) is 24.3 Å². The maximum atomic E-state index is 14.1. The highest BCUT2D eigenvalue weighted by molar-refractivity contribution is 5.99. The second-order valence-electron chi connectivity index (χ2n) is 11.6. The Bertz CT molecular complexity index is 1170. The predicted molar refractivity (Wildman–Crippen MR) is 160 cm³/mol. The van der Waals surface area contributed by atoms with Gasteiger partial charge in [-0.1, -0.05) is 55.8 Å². The van der Waals surface area contributed by atoms with E-state index >= 15 is 0 Å². The van der Waals surface area contributed by atoms with Crippen molar-refractivity contribution in [1.29, 1.82) is 0 Å². The minimum absolute atomic E-state index is 0.0641. The lowest BCUT2D eigenvalue weighted by atomic mass is 9.70. The van der Waals surface area contributed by atoms with E-state index in [4.69, 9.17) is 9.47 Å². The maximum Gasteiger partial charge on any atom is 0.306 e. The Balaban J connectivity index is 1.61. The molecule has 3 saturated heterocycles. The van der Waals surface area contributed by atoms with Gasteiger partial charge in [-0.05, 0) is 37.7 Å². The van der Waals surface area contributed by atoms with Crippen molar-refractivity contribution in [2.45, 2.75) is 75.7 Å². The van der Waals surface area contributed by atoms with Crippen LogP contribution in [0.2, 0.25) is 0 Å².